The van der Waals surface area contributed by atoms with E-state index in [9.17, 15) is 4.79 Å². The molecule has 0 spiro atoms. The van der Waals surface area contributed by atoms with E-state index >= 15 is 0 Å². The Labute approximate surface area is 167 Å². The number of carbonyl (C=O) groups excluding carboxylic acids is 1. The van der Waals surface area contributed by atoms with Gasteiger partial charge in [-0.3, -0.25) is 4.79 Å². The Bertz CT molecular complexity index is 770. The first-order valence-electron chi connectivity index (χ1n) is 9.94. The van der Waals surface area contributed by atoms with Crippen molar-refractivity contribution < 1.29 is 4.79 Å². The quantitative estimate of drug-likeness (QED) is 0.806. The molecule has 2 heterocycles. The van der Waals surface area contributed by atoms with Gasteiger partial charge in [0.05, 0.1) is 12.6 Å². The third-order valence-electron chi connectivity index (χ3n) is 5.21. The smallest absolute Gasteiger partial charge is 0.237 e. The third kappa shape index (κ3) is 4.61. The van der Waals surface area contributed by atoms with E-state index in [1.54, 1.807) is 0 Å². The predicted octanol–water partition coefficient (Wildman–Crippen LogP) is 4.77. The summed E-state index contributed by atoms with van der Waals surface area (Å²) in [5.41, 5.74) is 3.96. The molecule has 1 aromatic heterocycles. The van der Waals surface area contributed by atoms with E-state index in [-0.39, 0.29) is 17.4 Å². The first-order chi connectivity index (χ1) is 12.8. The summed E-state index contributed by atoms with van der Waals surface area (Å²) in [5, 5.41) is 5.47. The van der Waals surface area contributed by atoms with Crippen LogP contribution in [0.25, 0.3) is 0 Å². The van der Waals surface area contributed by atoms with Gasteiger partial charge in [0.15, 0.2) is 0 Å². The van der Waals surface area contributed by atoms with Crippen molar-refractivity contribution in [3.63, 3.8) is 0 Å². The Balaban J connectivity index is 1.87. The van der Waals surface area contributed by atoms with E-state index in [4.69, 9.17) is 0 Å². The molecule has 0 fully saturated rings. The van der Waals surface area contributed by atoms with Crippen LogP contribution in [0.2, 0.25) is 0 Å². The standard InChI is InChI=1S/C23H32N2OS/c1-16(2)14-24-15-21(26)25-12-10-20-19(11-13-27-20)22(25)17-6-8-18(9-7-17)23(3,4)5/h6-9,11,13,16,22,24H,10,12,14-15H2,1-5H3/t22-/m1/s1. The molecule has 0 unspecified atom stereocenters. The van der Waals surface area contributed by atoms with Crippen molar-refractivity contribution in [3.8, 4) is 0 Å². The highest BCUT2D eigenvalue weighted by Gasteiger charge is 2.32. The van der Waals surface area contributed by atoms with E-state index in [0.29, 0.717) is 12.5 Å². The first kappa shape index (κ1) is 20.1. The summed E-state index contributed by atoms with van der Waals surface area (Å²) in [6, 6.07) is 11.1. The van der Waals surface area contributed by atoms with E-state index < -0.39 is 0 Å². The maximum atomic E-state index is 13.0. The van der Waals surface area contributed by atoms with Gasteiger partial charge in [0.2, 0.25) is 5.91 Å². The van der Waals surface area contributed by atoms with Crippen molar-refractivity contribution in [3.05, 3.63) is 57.3 Å². The fourth-order valence-electron chi connectivity index (χ4n) is 3.68. The monoisotopic (exact) mass is 384 g/mol. The Morgan fingerprint density at radius 1 is 1.22 bits per heavy atom. The highest BCUT2D eigenvalue weighted by Crippen LogP contribution is 2.38. The zero-order valence-corrected chi connectivity index (χ0v) is 18.0. The largest absolute Gasteiger partial charge is 0.330 e. The average Bonchev–Trinajstić information content (AvgIpc) is 3.08. The minimum atomic E-state index is 0.0300. The summed E-state index contributed by atoms with van der Waals surface area (Å²) >= 11 is 1.81. The number of nitrogens with one attached hydrogen (secondary N) is 1. The lowest BCUT2D eigenvalue weighted by Gasteiger charge is -2.37. The molecule has 2 aromatic rings. The van der Waals surface area contributed by atoms with E-state index in [2.05, 4.69) is 80.5 Å². The Hall–Kier alpha value is -1.65. The highest BCUT2D eigenvalue weighted by molar-refractivity contribution is 7.10. The Morgan fingerprint density at radius 2 is 1.93 bits per heavy atom. The van der Waals surface area contributed by atoms with Gasteiger partial charge in [-0.1, -0.05) is 58.9 Å². The molecule has 27 heavy (non-hydrogen) atoms. The number of fused-ring (bicyclic) bond motifs is 1. The van der Waals surface area contributed by atoms with Crippen LogP contribution < -0.4 is 5.32 Å². The number of nitrogens with zero attached hydrogens (tertiary/aromatic N) is 1. The molecular formula is C23H32N2OS. The van der Waals surface area contributed by atoms with Crippen molar-refractivity contribution in [2.24, 2.45) is 5.92 Å². The van der Waals surface area contributed by atoms with Gasteiger partial charge in [-0.15, -0.1) is 11.3 Å². The molecule has 4 heteroatoms. The van der Waals surface area contributed by atoms with Crippen molar-refractivity contribution in [1.29, 1.82) is 0 Å². The number of benzene rings is 1. The van der Waals surface area contributed by atoms with Crippen LogP contribution in [0.15, 0.2) is 35.7 Å². The van der Waals surface area contributed by atoms with Crippen LogP contribution in [0.4, 0.5) is 0 Å². The topological polar surface area (TPSA) is 32.3 Å². The molecule has 0 saturated heterocycles. The second-order valence-electron chi connectivity index (χ2n) is 8.94. The van der Waals surface area contributed by atoms with Crippen LogP contribution in [-0.4, -0.2) is 30.4 Å². The molecule has 3 nitrogen and oxygen atoms in total. The van der Waals surface area contributed by atoms with Crippen LogP contribution in [0.5, 0.6) is 0 Å². The van der Waals surface area contributed by atoms with E-state index in [0.717, 1.165) is 19.5 Å². The maximum absolute atomic E-state index is 13.0. The van der Waals surface area contributed by atoms with Crippen LogP contribution in [0.1, 0.15) is 62.2 Å². The molecule has 0 saturated carbocycles. The van der Waals surface area contributed by atoms with Crippen LogP contribution in [0.3, 0.4) is 0 Å². The molecule has 1 amide bonds. The van der Waals surface area contributed by atoms with Gasteiger partial charge < -0.3 is 10.2 Å². The summed E-state index contributed by atoms with van der Waals surface area (Å²) < 4.78 is 0. The zero-order valence-electron chi connectivity index (χ0n) is 17.2. The molecule has 1 aromatic carbocycles. The minimum Gasteiger partial charge on any atom is -0.330 e. The number of hydrogen-bond acceptors (Lipinski definition) is 3. The average molecular weight is 385 g/mol. The summed E-state index contributed by atoms with van der Waals surface area (Å²) in [4.78, 5) is 16.5. The number of rotatable bonds is 5. The molecule has 0 bridgehead atoms. The lowest BCUT2D eigenvalue weighted by molar-refractivity contribution is -0.132. The van der Waals surface area contributed by atoms with Gasteiger partial charge in [-0.05, 0) is 52.4 Å². The number of thiophene rings is 1. The number of amides is 1. The molecule has 1 atom stereocenters. The summed E-state index contributed by atoms with van der Waals surface area (Å²) in [6.07, 6.45) is 0.958. The molecule has 3 rings (SSSR count). The molecule has 1 aliphatic heterocycles. The van der Waals surface area contributed by atoms with Gasteiger partial charge in [-0.25, -0.2) is 0 Å². The lowest BCUT2D eigenvalue weighted by Crippen LogP contribution is -2.44. The molecule has 146 valence electrons. The number of carbonyl (C=O) groups is 1. The fourth-order valence-corrected chi connectivity index (χ4v) is 4.58. The van der Waals surface area contributed by atoms with Gasteiger partial charge >= 0.3 is 0 Å². The lowest BCUT2D eigenvalue weighted by atomic mass is 9.85. The van der Waals surface area contributed by atoms with E-state index in [1.807, 2.05) is 11.3 Å². The van der Waals surface area contributed by atoms with Crippen LogP contribution in [0, 0.1) is 5.92 Å². The van der Waals surface area contributed by atoms with Crippen molar-refractivity contribution in [2.75, 3.05) is 19.6 Å². The minimum absolute atomic E-state index is 0.0300. The van der Waals surface area contributed by atoms with Crippen molar-refractivity contribution >= 4 is 17.2 Å². The number of hydrogen-bond donors (Lipinski definition) is 1. The van der Waals surface area contributed by atoms with E-state index in [1.165, 1.54) is 21.6 Å². The summed E-state index contributed by atoms with van der Waals surface area (Å²) in [7, 11) is 0. The third-order valence-corrected chi connectivity index (χ3v) is 6.20. The SMILES string of the molecule is CC(C)CNCC(=O)N1CCc2sccc2[C@H]1c1ccc(C(C)(C)C)cc1. The van der Waals surface area contributed by atoms with Gasteiger partial charge in [-0.2, -0.15) is 0 Å². The molecule has 0 aliphatic carbocycles. The summed E-state index contributed by atoms with van der Waals surface area (Å²) in [5.74, 6) is 0.737. The zero-order chi connectivity index (χ0) is 19.6. The Morgan fingerprint density at radius 3 is 2.56 bits per heavy atom. The van der Waals surface area contributed by atoms with Gasteiger partial charge in [0.1, 0.15) is 0 Å². The van der Waals surface area contributed by atoms with Crippen LogP contribution >= 0.6 is 11.3 Å². The van der Waals surface area contributed by atoms with Crippen molar-refractivity contribution in [2.45, 2.75) is 52.5 Å². The van der Waals surface area contributed by atoms with Gasteiger partial charge in [0, 0.05) is 11.4 Å². The molecule has 1 N–H and O–H groups in total. The second kappa shape index (κ2) is 8.15. The Kier molecular flexibility index (Phi) is 6.07. The molecular weight excluding hydrogens is 352 g/mol. The highest BCUT2D eigenvalue weighted by atomic mass is 32.1. The maximum Gasteiger partial charge on any atom is 0.237 e. The van der Waals surface area contributed by atoms with Crippen LogP contribution in [-0.2, 0) is 16.6 Å². The van der Waals surface area contributed by atoms with Gasteiger partial charge in [0.25, 0.3) is 0 Å². The second-order valence-corrected chi connectivity index (χ2v) is 9.94. The summed E-state index contributed by atoms with van der Waals surface area (Å²) in [6.45, 7) is 13.1. The predicted molar refractivity (Wildman–Crippen MR) is 114 cm³/mol. The fraction of sp³-hybridized carbons (Fsp3) is 0.522. The molecule has 1 aliphatic rings. The normalized spacial score (nSPS) is 17.3. The van der Waals surface area contributed by atoms with Crippen molar-refractivity contribution in [1.82, 2.24) is 10.2 Å². The first-order valence-corrected chi connectivity index (χ1v) is 10.8. The molecule has 0 radical (unpaired) electrons.